The Hall–Kier alpha value is -0.930. The molecule has 5 heteroatoms. The Morgan fingerprint density at radius 2 is 2.44 bits per heavy atom. The van der Waals surface area contributed by atoms with E-state index >= 15 is 0 Å². The van der Waals surface area contributed by atoms with Crippen molar-refractivity contribution in [3.8, 4) is 6.07 Å². The second kappa shape index (κ2) is 6.86. The minimum atomic E-state index is 0.165. The number of thiophene rings is 1. The van der Waals surface area contributed by atoms with E-state index in [9.17, 15) is 0 Å². The van der Waals surface area contributed by atoms with E-state index in [0.29, 0.717) is 25.0 Å². The average Bonchev–Trinajstić information content (AvgIpc) is 2.90. The molecule has 1 aliphatic rings. The van der Waals surface area contributed by atoms with Crippen LogP contribution in [0.5, 0.6) is 0 Å². The molecule has 98 valence electrons. The van der Waals surface area contributed by atoms with Gasteiger partial charge in [0.15, 0.2) is 0 Å². The first-order valence-corrected chi connectivity index (χ1v) is 7.18. The van der Waals surface area contributed by atoms with Gasteiger partial charge in [0.25, 0.3) is 0 Å². The summed E-state index contributed by atoms with van der Waals surface area (Å²) < 4.78 is 0. The number of nitriles is 1. The second-order valence-corrected chi connectivity index (χ2v) is 5.65. The van der Waals surface area contributed by atoms with Gasteiger partial charge in [0.2, 0.25) is 0 Å². The van der Waals surface area contributed by atoms with Crippen molar-refractivity contribution in [1.82, 2.24) is 10.2 Å². The molecule has 0 aliphatic carbocycles. The van der Waals surface area contributed by atoms with Crippen molar-refractivity contribution >= 4 is 11.3 Å². The predicted molar refractivity (Wildman–Crippen MR) is 72.6 cm³/mol. The molecule has 1 saturated heterocycles. The molecule has 4 nitrogen and oxygen atoms in total. The van der Waals surface area contributed by atoms with Crippen LogP contribution in [0, 0.1) is 11.3 Å². The fourth-order valence-electron chi connectivity index (χ4n) is 2.57. The molecule has 18 heavy (non-hydrogen) atoms. The first-order valence-electron chi connectivity index (χ1n) is 6.30. The summed E-state index contributed by atoms with van der Waals surface area (Å²) in [6.07, 6.45) is 1.09. The van der Waals surface area contributed by atoms with Crippen LogP contribution in [-0.2, 0) is 0 Å². The van der Waals surface area contributed by atoms with Crippen LogP contribution in [0.4, 0.5) is 0 Å². The normalized spacial score (nSPS) is 24.9. The van der Waals surface area contributed by atoms with Crippen molar-refractivity contribution < 1.29 is 5.11 Å². The fraction of sp³-hybridized carbons (Fsp3) is 0.615. The summed E-state index contributed by atoms with van der Waals surface area (Å²) in [5.41, 5.74) is 0. The summed E-state index contributed by atoms with van der Waals surface area (Å²) in [5, 5.41) is 23.2. The second-order valence-electron chi connectivity index (χ2n) is 4.67. The first-order chi connectivity index (χ1) is 8.83. The average molecular weight is 265 g/mol. The molecule has 0 amide bonds. The zero-order valence-electron chi connectivity index (χ0n) is 10.4. The van der Waals surface area contributed by atoms with Gasteiger partial charge in [-0.05, 0) is 17.9 Å². The van der Waals surface area contributed by atoms with E-state index < -0.39 is 0 Å². The molecule has 1 aliphatic heterocycles. The molecule has 0 aromatic carbocycles. The highest BCUT2D eigenvalue weighted by Crippen LogP contribution is 2.29. The number of aliphatic hydroxyl groups excluding tert-OH is 1. The smallest absolute Gasteiger partial charge is 0.0866 e. The summed E-state index contributed by atoms with van der Waals surface area (Å²) in [5.74, 6) is 0.503. The van der Waals surface area contributed by atoms with Crippen molar-refractivity contribution in [3.05, 3.63) is 22.4 Å². The number of likely N-dealkylation sites (tertiary alicyclic amines) is 1. The summed E-state index contributed by atoms with van der Waals surface area (Å²) >= 11 is 1.79. The Morgan fingerprint density at radius 1 is 1.56 bits per heavy atom. The molecule has 2 N–H and O–H groups in total. The molecule has 1 aromatic rings. The molecular formula is C13H19N3OS. The maximum Gasteiger partial charge on any atom is 0.0866 e. The molecule has 2 rings (SSSR count). The number of aliphatic hydroxyl groups is 1. The minimum Gasteiger partial charge on any atom is -0.395 e. The minimum absolute atomic E-state index is 0.165. The number of hydrogen-bond donors (Lipinski definition) is 2. The zero-order valence-corrected chi connectivity index (χ0v) is 11.2. The lowest BCUT2D eigenvalue weighted by Gasteiger charge is -2.36. The third-order valence-electron chi connectivity index (χ3n) is 3.31. The maximum atomic E-state index is 8.89. The number of piperidine rings is 1. The SMILES string of the molecule is N#CCN1CC(NCCO)CC(c2cccs2)C1. The standard InChI is InChI=1S/C13H19N3OS/c14-3-5-16-9-11(13-2-1-7-18-13)8-12(10-16)15-4-6-17/h1-2,7,11-12,15,17H,4-6,8-10H2. The molecule has 1 aromatic heterocycles. The topological polar surface area (TPSA) is 59.3 Å². The van der Waals surface area contributed by atoms with Crippen LogP contribution >= 0.6 is 11.3 Å². The van der Waals surface area contributed by atoms with E-state index in [4.69, 9.17) is 10.4 Å². The molecule has 0 saturated carbocycles. The molecule has 1 fully saturated rings. The quantitative estimate of drug-likeness (QED) is 0.780. The van der Waals surface area contributed by atoms with Gasteiger partial charge < -0.3 is 10.4 Å². The zero-order chi connectivity index (χ0) is 12.8. The Kier molecular flexibility index (Phi) is 5.14. The number of nitrogens with zero attached hydrogens (tertiary/aromatic N) is 2. The highest BCUT2D eigenvalue weighted by atomic mass is 32.1. The van der Waals surface area contributed by atoms with Crippen molar-refractivity contribution in [1.29, 1.82) is 5.26 Å². The molecule has 2 atom stereocenters. The van der Waals surface area contributed by atoms with Crippen LogP contribution in [0.3, 0.4) is 0 Å². The largest absolute Gasteiger partial charge is 0.395 e. The summed E-state index contributed by atoms with van der Waals surface area (Å²) in [6, 6.07) is 6.86. The molecule has 0 radical (unpaired) electrons. The Bertz CT molecular complexity index is 387. The number of nitrogens with one attached hydrogen (secondary N) is 1. The van der Waals surface area contributed by atoms with Gasteiger partial charge in [-0.2, -0.15) is 5.26 Å². The van der Waals surface area contributed by atoms with E-state index in [-0.39, 0.29) is 6.61 Å². The van der Waals surface area contributed by atoms with E-state index in [1.54, 1.807) is 11.3 Å². The number of hydrogen-bond acceptors (Lipinski definition) is 5. The molecule has 2 heterocycles. The Labute approximate surface area is 112 Å². The van der Waals surface area contributed by atoms with Gasteiger partial charge in [0.05, 0.1) is 19.2 Å². The van der Waals surface area contributed by atoms with E-state index in [0.717, 1.165) is 19.5 Å². The van der Waals surface area contributed by atoms with Crippen molar-refractivity contribution in [2.45, 2.75) is 18.4 Å². The third kappa shape index (κ3) is 3.53. The monoisotopic (exact) mass is 265 g/mol. The lowest BCUT2D eigenvalue weighted by molar-refractivity contribution is 0.182. The predicted octanol–water partition coefficient (Wildman–Crippen LogP) is 1.01. The van der Waals surface area contributed by atoms with Gasteiger partial charge >= 0.3 is 0 Å². The van der Waals surface area contributed by atoms with Gasteiger partial charge in [0, 0.05) is 36.5 Å². The highest BCUT2D eigenvalue weighted by molar-refractivity contribution is 7.10. The first kappa shape index (κ1) is 13.5. The van der Waals surface area contributed by atoms with Crippen LogP contribution in [0.15, 0.2) is 17.5 Å². The lowest BCUT2D eigenvalue weighted by atomic mass is 9.93. The molecular weight excluding hydrogens is 246 g/mol. The van der Waals surface area contributed by atoms with Crippen LogP contribution in [-0.4, -0.2) is 48.8 Å². The summed E-state index contributed by atoms with van der Waals surface area (Å²) in [4.78, 5) is 3.59. The highest BCUT2D eigenvalue weighted by Gasteiger charge is 2.28. The summed E-state index contributed by atoms with van der Waals surface area (Å²) in [6.45, 7) is 3.14. The molecule has 2 unspecified atom stereocenters. The van der Waals surface area contributed by atoms with E-state index in [2.05, 4.69) is 33.8 Å². The molecule has 0 bridgehead atoms. The Morgan fingerprint density at radius 3 is 3.11 bits per heavy atom. The van der Waals surface area contributed by atoms with Crippen LogP contribution in [0.2, 0.25) is 0 Å². The van der Waals surface area contributed by atoms with Gasteiger partial charge in [-0.25, -0.2) is 0 Å². The van der Waals surface area contributed by atoms with E-state index in [1.165, 1.54) is 4.88 Å². The summed E-state index contributed by atoms with van der Waals surface area (Å²) in [7, 11) is 0. The fourth-order valence-corrected chi connectivity index (χ4v) is 3.40. The van der Waals surface area contributed by atoms with Gasteiger partial charge in [-0.3, -0.25) is 4.90 Å². The van der Waals surface area contributed by atoms with Gasteiger partial charge in [-0.1, -0.05) is 6.07 Å². The van der Waals surface area contributed by atoms with Crippen LogP contribution < -0.4 is 5.32 Å². The van der Waals surface area contributed by atoms with Crippen LogP contribution in [0.25, 0.3) is 0 Å². The third-order valence-corrected chi connectivity index (χ3v) is 4.35. The van der Waals surface area contributed by atoms with Crippen molar-refractivity contribution in [3.63, 3.8) is 0 Å². The lowest BCUT2D eigenvalue weighted by Crippen LogP contribution is -2.49. The van der Waals surface area contributed by atoms with Gasteiger partial charge in [-0.15, -0.1) is 11.3 Å². The van der Waals surface area contributed by atoms with Crippen LogP contribution in [0.1, 0.15) is 17.2 Å². The maximum absolute atomic E-state index is 8.89. The number of rotatable bonds is 5. The molecule has 0 spiro atoms. The van der Waals surface area contributed by atoms with Crippen molar-refractivity contribution in [2.75, 3.05) is 32.8 Å². The Balaban J connectivity index is 2.00. The van der Waals surface area contributed by atoms with E-state index in [1.807, 2.05) is 0 Å². The van der Waals surface area contributed by atoms with Gasteiger partial charge in [0.1, 0.15) is 0 Å². The van der Waals surface area contributed by atoms with Crippen molar-refractivity contribution in [2.24, 2.45) is 0 Å².